The molecule has 1 N–H and O–H groups in total. The molecule has 1 aromatic carbocycles. The number of imide groups is 1. The molecule has 1 aliphatic heterocycles. The summed E-state index contributed by atoms with van der Waals surface area (Å²) < 4.78 is 0. The summed E-state index contributed by atoms with van der Waals surface area (Å²) in [6.45, 7) is 0. The van der Waals surface area contributed by atoms with E-state index in [0.29, 0.717) is 24.5 Å². The molecule has 2 heterocycles. The minimum Gasteiger partial charge on any atom is -0.296 e. The maximum atomic E-state index is 11.9. The zero-order valence-electron chi connectivity index (χ0n) is 10.5. The van der Waals surface area contributed by atoms with Gasteiger partial charge in [-0.1, -0.05) is 12.1 Å². The van der Waals surface area contributed by atoms with Crippen LogP contribution < -0.4 is 5.32 Å². The highest BCUT2D eigenvalue weighted by molar-refractivity contribution is 6.02. The van der Waals surface area contributed by atoms with E-state index in [1.807, 2.05) is 6.07 Å². The Morgan fingerprint density at radius 2 is 2.15 bits per heavy atom. The van der Waals surface area contributed by atoms with Crippen LogP contribution in [0.1, 0.15) is 34.8 Å². The van der Waals surface area contributed by atoms with Crippen LogP contribution in [0, 0.1) is 0 Å². The lowest BCUT2D eigenvalue weighted by Gasteiger charge is -2.21. The van der Waals surface area contributed by atoms with Gasteiger partial charge in [0.05, 0.1) is 12.1 Å². The SMILES string of the molecule is O=Cc1nncc2ccc(C3CCC(=O)NC3=O)cc12. The van der Waals surface area contributed by atoms with Gasteiger partial charge in [0.25, 0.3) is 0 Å². The van der Waals surface area contributed by atoms with Crippen molar-refractivity contribution in [1.82, 2.24) is 15.5 Å². The lowest BCUT2D eigenvalue weighted by molar-refractivity contribution is -0.134. The highest BCUT2D eigenvalue weighted by Gasteiger charge is 2.28. The fraction of sp³-hybridized carbons (Fsp3) is 0.214. The fourth-order valence-corrected chi connectivity index (χ4v) is 2.43. The van der Waals surface area contributed by atoms with E-state index in [2.05, 4.69) is 15.5 Å². The summed E-state index contributed by atoms with van der Waals surface area (Å²) in [5.41, 5.74) is 1.02. The van der Waals surface area contributed by atoms with Crippen molar-refractivity contribution in [3.63, 3.8) is 0 Å². The van der Waals surface area contributed by atoms with Gasteiger partial charge in [0.15, 0.2) is 6.29 Å². The van der Waals surface area contributed by atoms with Crippen molar-refractivity contribution in [3.8, 4) is 0 Å². The largest absolute Gasteiger partial charge is 0.296 e. The summed E-state index contributed by atoms with van der Waals surface area (Å²) >= 11 is 0. The van der Waals surface area contributed by atoms with Crippen LogP contribution in [-0.4, -0.2) is 28.3 Å². The molecule has 3 rings (SSSR count). The monoisotopic (exact) mass is 269 g/mol. The summed E-state index contributed by atoms with van der Waals surface area (Å²) in [5.74, 6) is -0.911. The molecule has 6 heteroatoms. The van der Waals surface area contributed by atoms with Crippen LogP contribution in [0.2, 0.25) is 0 Å². The van der Waals surface area contributed by atoms with Gasteiger partial charge in [-0.15, -0.1) is 5.10 Å². The molecule has 1 aliphatic rings. The first kappa shape index (κ1) is 12.4. The Morgan fingerprint density at radius 3 is 2.90 bits per heavy atom. The van der Waals surface area contributed by atoms with E-state index in [0.717, 1.165) is 10.9 Å². The molecule has 0 saturated carbocycles. The number of hydrogen-bond acceptors (Lipinski definition) is 5. The maximum absolute atomic E-state index is 11.9. The first-order chi connectivity index (χ1) is 9.69. The van der Waals surface area contributed by atoms with Crippen molar-refractivity contribution in [2.45, 2.75) is 18.8 Å². The van der Waals surface area contributed by atoms with Gasteiger partial charge >= 0.3 is 0 Å². The third kappa shape index (κ3) is 2.05. The maximum Gasteiger partial charge on any atom is 0.234 e. The average Bonchev–Trinajstić information content (AvgIpc) is 2.46. The Balaban J connectivity index is 2.06. The first-order valence-electron chi connectivity index (χ1n) is 6.23. The summed E-state index contributed by atoms with van der Waals surface area (Å²) in [6, 6.07) is 5.39. The van der Waals surface area contributed by atoms with Gasteiger partial charge in [-0.05, 0) is 18.1 Å². The van der Waals surface area contributed by atoms with E-state index in [-0.39, 0.29) is 23.4 Å². The number of nitrogens with zero attached hydrogens (tertiary/aromatic N) is 2. The standard InChI is InChI=1S/C14H11N3O3/c18-7-12-11-5-8(1-2-9(11)6-15-17-12)10-3-4-13(19)16-14(10)20/h1-2,5-7,10H,3-4H2,(H,16,19,20). The molecule has 1 atom stereocenters. The topological polar surface area (TPSA) is 89.0 Å². The number of aromatic nitrogens is 2. The lowest BCUT2D eigenvalue weighted by atomic mass is 9.89. The molecule has 0 aliphatic carbocycles. The van der Waals surface area contributed by atoms with Crippen LogP contribution in [0.3, 0.4) is 0 Å². The Bertz CT molecular complexity index is 727. The highest BCUT2D eigenvalue weighted by atomic mass is 16.2. The number of carbonyl (C=O) groups is 3. The van der Waals surface area contributed by atoms with Crippen LogP contribution in [0.15, 0.2) is 24.4 Å². The second-order valence-corrected chi connectivity index (χ2v) is 4.70. The molecule has 0 spiro atoms. The van der Waals surface area contributed by atoms with Crippen molar-refractivity contribution < 1.29 is 14.4 Å². The van der Waals surface area contributed by atoms with Gasteiger partial charge in [0, 0.05) is 17.2 Å². The van der Waals surface area contributed by atoms with Crippen molar-refractivity contribution in [2.24, 2.45) is 0 Å². The summed E-state index contributed by atoms with van der Waals surface area (Å²) in [7, 11) is 0. The Kier molecular flexibility index (Phi) is 2.98. The molecule has 1 unspecified atom stereocenters. The zero-order valence-corrected chi connectivity index (χ0v) is 10.5. The Morgan fingerprint density at radius 1 is 1.30 bits per heavy atom. The van der Waals surface area contributed by atoms with Gasteiger partial charge in [-0.2, -0.15) is 5.10 Å². The molecule has 20 heavy (non-hydrogen) atoms. The normalized spacial score (nSPS) is 18.9. The second kappa shape index (κ2) is 4.80. The fourth-order valence-electron chi connectivity index (χ4n) is 2.43. The van der Waals surface area contributed by atoms with Gasteiger partial charge in [-0.25, -0.2) is 0 Å². The van der Waals surface area contributed by atoms with E-state index < -0.39 is 0 Å². The van der Waals surface area contributed by atoms with E-state index in [1.165, 1.54) is 0 Å². The first-order valence-corrected chi connectivity index (χ1v) is 6.23. The molecule has 6 nitrogen and oxygen atoms in total. The van der Waals surface area contributed by atoms with Crippen molar-refractivity contribution in [3.05, 3.63) is 35.7 Å². The number of carbonyl (C=O) groups excluding carboxylic acids is 3. The minimum atomic E-state index is -0.371. The number of hydrogen-bond donors (Lipinski definition) is 1. The van der Waals surface area contributed by atoms with Crippen LogP contribution in [0.5, 0.6) is 0 Å². The molecule has 0 bridgehead atoms. The predicted molar refractivity (Wildman–Crippen MR) is 70.1 cm³/mol. The van der Waals surface area contributed by atoms with E-state index >= 15 is 0 Å². The van der Waals surface area contributed by atoms with Crippen molar-refractivity contribution in [2.75, 3.05) is 0 Å². The molecular formula is C14H11N3O3. The predicted octanol–water partition coefficient (Wildman–Crippen LogP) is 0.962. The molecule has 1 saturated heterocycles. The lowest BCUT2D eigenvalue weighted by Crippen LogP contribution is -2.39. The van der Waals surface area contributed by atoms with E-state index in [4.69, 9.17) is 0 Å². The molecule has 1 fully saturated rings. The Labute approximate surface area is 114 Å². The third-order valence-corrected chi connectivity index (χ3v) is 3.47. The average molecular weight is 269 g/mol. The van der Waals surface area contributed by atoms with Gasteiger partial charge in [0.2, 0.25) is 11.8 Å². The van der Waals surface area contributed by atoms with E-state index in [1.54, 1.807) is 18.3 Å². The number of nitrogens with one attached hydrogen (secondary N) is 1. The minimum absolute atomic E-state index is 0.244. The van der Waals surface area contributed by atoms with Crippen molar-refractivity contribution in [1.29, 1.82) is 0 Å². The zero-order chi connectivity index (χ0) is 14.1. The van der Waals surface area contributed by atoms with Gasteiger partial charge < -0.3 is 0 Å². The quantitative estimate of drug-likeness (QED) is 0.648. The molecule has 1 aromatic heterocycles. The number of aldehydes is 1. The summed E-state index contributed by atoms with van der Waals surface area (Å²) in [5, 5.41) is 11.3. The summed E-state index contributed by atoms with van der Waals surface area (Å²) in [4.78, 5) is 34.0. The second-order valence-electron chi connectivity index (χ2n) is 4.70. The van der Waals surface area contributed by atoms with Crippen molar-refractivity contribution >= 4 is 28.9 Å². The molecule has 2 aromatic rings. The van der Waals surface area contributed by atoms with Crippen LogP contribution in [0.25, 0.3) is 10.8 Å². The molecule has 2 amide bonds. The number of rotatable bonds is 2. The number of amides is 2. The molecular weight excluding hydrogens is 258 g/mol. The number of fused-ring (bicyclic) bond motifs is 1. The number of piperidine rings is 1. The summed E-state index contributed by atoms with van der Waals surface area (Å²) in [6.07, 6.45) is 3.01. The highest BCUT2D eigenvalue weighted by Crippen LogP contribution is 2.27. The van der Waals surface area contributed by atoms with E-state index in [9.17, 15) is 14.4 Å². The van der Waals surface area contributed by atoms with Crippen LogP contribution in [0.4, 0.5) is 0 Å². The molecule has 100 valence electrons. The van der Waals surface area contributed by atoms with Crippen LogP contribution in [-0.2, 0) is 9.59 Å². The smallest absolute Gasteiger partial charge is 0.234 e. The van der Waals surface area contributed by atoms with Gasteiger partial charge in [-0.3, -0.25) is 19.7 Å². The number of benzene rings is 1. The van der Waals surface area contributed by atoms with Crippen LogP contribution >= 0.6 is 0 Å². The third-order valence-electron chi connectivity index (χ3n) is 3.47. The molecule has 0 radical (unpaired) electrons. The van der Waals surface area contributed by atoms with Gasteiger partial charge in [0.1, 0.15) is 5.69 Å². The Hall–Kier alpha value is -2.63.